The first-order chi connectivity index (χ1) is 6.97. The van der Waals surface area contributed by atoms with E-state index >= 15 is 0 Å². The van der Waals surface area contributed by atoms with Crippen molar-refractivity contribution in [2.45, 2.75) is 26.4 Å². The second-order valence-electron chi connectivity index (χ2n) is 3.32. The standard InChI is InChI=1S/C6H9ClO3.C2Cl2O2/c1-6(2,3)10-5(9)4(7)8;3-1(5)2(4)6/h1-3H3;. The molecule has 5 nitrogen and oxygen atoms in total. The lowest BCUT2D eigenvalue weighted by atomic mass is 10.2. The van der Waals surface area contributed by atoms with Crippen LogP contribution in [0, 0.1) is 0 Å². The number of carbonyl (C=O) groups is 4. The van der Waals surface area contributed by atoms with E-state index in [4.69, 9.17) is 11.6 Å². The molecule has 0 aromatic heterocycles. The molecule has 0 radical (unpaired) electrons. The van der Waals surface area contributed by atoms with Gasteiger partial charge in [-0.2, -0.15) is 0 Å². The van der Waals surface area contributed by atoms with E-state index in [1.807, 2.05) is 0 Å². The molecule has 0 aliphatic rings. The molecular formula is C8H9Cl3O5. The van der Waals surface area contributed by atoms with E-state index in [1.54, 1.807) is 20.8 Å². The average molecular weight is 292 g/mol. The minimum Gasteiger partial charge on any atom is -0.453 e. The molecule has 0 rings (SSSR count). The van der Waals surface area contributed by atoms with Crippen LogP contribution in [0.25, 0.3) is 0 Å². The summed E-state index contributed by atoms with van der Waals surface area (Å²) in [6.07, 6.45) is 0. The first-order valence-electron chi connectivity index (χ1n) is 3.79. The number of halogens is 3. The maximum absolute atomic E-state index is 10.5. The molecule has 0 N–H and O–H groups in total. The molecule has 0 bridgehead atoms. The van der Waals surface area contributed by atoms with Gasteiger partial charge in [0.2, 0.25) is 0 Å². The summed E-state index contributed by atoms with van der Waals surface area (Å²) in [4.78, 5) is 39.4. The van der Waals surface area contributed by atoms with Crippen LogP contribution in [0.15, 0.2) is 0 Å². The van der Waals surface area contributed by atoms with Crippen molar-refractivity contribution in [3.05, 3.63) is 0 Å². The molecule has 8 heteroatoms. The Labute approximate surface area is 107 Å². The fourth-order valence-electron chi connectivity index (χ4n) is 0.318. The summed E-state index contributed by atoms with van der Waals surface area (Å²) in [5.41, 5.74) is -0.651. The van der Waals surface area contributed by atoms with Gasteiger partial charge in [-0.3, -0.25) is 14.4 Å². The Morgan fingerprint density at radius 3 is 1.19 bits per heavy atom. The Kier molecular flexibility index (Phi) is 8.42. The summed E-state index contributed by atoms with van der Waals surface area (Å²) in [5.74, 6) is -1.01. The summed E-state index contributed by atoms with van der Waals surface area (Å²) in [7, 11) is 0. The van der Waals surface area contributed by atoms with Crippen molar-refractivity contribution in [2.24, 2.45) is 0 Å². The molecule has 0 atom stereocenters. The maximum Gasteiger partial charge on any atom is 0.391 e. The Balaban J connectivity index is 0. The first kappa shape index (κ1) is 17.7. The van der Waals surface area contributed by atoms with Crippen molar-refractivity contribution in [3.8, 4) is 0 Å². The normalized spacial score (nSPS) is 9.62. The lowest BCUT2D eigenvalue weighted by Gasteiger charge is -2.17. The van der Waals surface area contributed by atoms with Crippen molar-refractivity contribution in [2.75, 3.05) is 0 Å². The average Bonchev–Trinajstić information content (AvgIpc) is 2.01. The lowest BCUT2D eigenvalue weighted by molar-refractivity contribution is -0.159. The van der Waals surface area contributed by atoms with Gasteiger partial charge in [-0.15, -0.1) is 0 Å². The predicted octanol–water partition coefficient (Wildman–Crippen LogP) is 1.61. The number of hydrogen-bond acceptors (Lipinski definition) is 5. The highest BCUT2D eigenvalue weighted by atomic mass is 35.5. The fourth-order valence-corrected chi connectivity index (χ4v) is 0.357. The van der Waals surface area contributed by atoms with Crippen LogP contribution in [-0.2, 0) is 23.9 Å². The number of carbonyl (C=O) groups excluding carboxylic acids is 4. The molecule has 0 amide bonds. The van der Waals surface area contributed by atoms with Gasteiger partial charge in [0, 0.05) is 0 Å². The van der Waals surface area contributed by atoms with Gasteiger partial charge >= 0.3 is 21.7 Å². The second kappa shape index (κ2) is 7.60. The molecule has 0 aliphatic carbocycles. The van der Waals surface area contributed by atoms with Gasteiger partial charge in [0.05, 0.1) is 0 Å². The third-order valence-electron chi connectivity index (χ3n) is 0.714. The van der Waals surface area contributed by atoms with Gasteiger partial charge in [-0.25, -0.2) is 4.79 Å². The summed E-state index contributed by atoms with van der Waals surface area (Å²) in [6, 6.07) is 0. The molecule has 0 saturated heterocycles. The minimum absolute atomic E-state index is 0.651. The summed E-state index contributed by atoms with van der Waals surface area (Å²) < 4.78 is 4.58. The van der Waals surface area contributed by atoms with Gasteiger partial charge in [0.15, 0.2) is 0 Å². The maximum atomic E-state index is 10.5. The molecule has 0 spiro atoms. The van der Waals surface area contributed by atoms with Gasteiger partial charge < -0.3 is 4.74 Å². The topological polar surface area (TPSA) is 77.5 Å². The third kappa shape index (κ3) is 13.4. The third-order valence-corrected chi connectivity index (χ3v) is 1.31. The smallest absolute Gasteiger partial charge is 0.391 e. The minimum atomic E-state index is -1.14. The highest BCUT2D eigenvalue weighted by molar-refractivity contribution is 6.97. The Hall–Kier alpha value is -0.650. The zero-order valence-corrected chi connectivity index (χ0v) is 10.9. The van der Waals surface area contributed by atoms with Crippen molar-refractivity contribution in [1.29, 1.82) is 0 Å². The van der Waals surface area contributed by atoms with Crippen molar-refractivity contribution < 1.29 is 23.9 Å². The van der Waals surface area contributed by atoms with Crippen LogP contribution in [0.3, 0.4) is 0 Å². The number of ether oxygens (including phenoxy) is 1. The van der Waals surface area contributed by atoms with Crippen molar-refractivity contribution in [1.82, 2.24) is 0 Å². The SMILES string of the molecule is CC(C)(C)OC(=O)C(=O)Cl.O=C(Cl)C(=O)Cl. The van der Waals surface area contributed by atoms with Gasteiger partial charge in [-0.05, 0) is 55.6 Å². The summed E-state index contributed by atoms with van der Waals surface area (Å²) >= 11 is 13.8. The predicted molar refractivity (Wildman–Crippen MR) is 58.4 cm³/mol. The van der Waals surface area contributed by atoms with Gasteiger partial charge in [0.1, 0.15) is 5.60 Å². The molecule has 0 aromatic carbocycles. The second-order valence-corrected chi connectivity index (χ2v) is 4.35. The van der Waals surface area contributed by atoms with E-state index in [0.717, 1.165) is 0 Å². The summed E-state index contributed by atoms with van der Waals surface area (Å²) in [6.45, 7) is 4.97. The molecular weight excluding hydrogens is 282 g/mol. The van der Waals surface area contributed by atoms with Crippen LogP contribution in [0.2, 0.25) is 0 Å². The van der Waals surface area contributed by atoms with Crippen molar-refractivity contribution in [3.63, 3.8) is 0 Å². The highest BCUT2D eigenvalue weighted by Crippen LogP contribution is 2.07. The molecule has 16 heavy (non-hydrogen) atoms. The van der Waals surface area contributed by atoms with Gasteiger partial charge in [0.25, 0.3) is 0 Å². The van der Waals surface area contributed by atoms with E-state index in [0.29, 0.717) is 0 Å². The number of esters is 1. The largest absolute Gasteiger partial charge is 0.453 e. The molecule has 0 fully saturated rings. The van der Waals surface area contributed by atoms with E-state index in [1.165, 1.54) is 0 Å². The molecule has 0 saturated carbocycles. The van der Waals surface area contributed by atoms with Crippen LogP contribution in [-0.4, -0.2) is 27.3 Å². The monoisotopic (exact) mass is 290 g/mol. The van der Waals surface area contributed by atoms with E-state index in [9.17, 15) is 19.2 Å². The van der Waals surface area contributed by atoms with Crippen LogP contribution >= 0.6 is 34.8 Å². The zero-order valence-electron chi connectivity index (χ0n) is 8.68. The molecule has 0 heterocycles. The lowest BCUT2D eigenvalue weighted by Crippen LogP contribution is -2.26. The molecule has 0 unspecified atom stereocenters. The van der Waals surface area contributed by atoms with E-state index < -0.39 is 27.3 Å². The highest BCUT2D eigenvalue weighted by Gasteiger charge is 2.20. The Bertz CT molecular complexity index is 293. The Morgan fingerprint density at radius 2 is 1.12 bits per heavy atom. The quantitative estimate of drug-likeness (QED) is 0.439. The molecule has 0 aliphatic heterocycles. The number of rotatable bonds is 2. The van der Waals surface area contributed by atoms with Crippen molar-refractivity contribution >= 4 is 56.5 Å². The Morgan fingerprint density at radius 1 is 0.812 bits per heavy atom. The number of hydrogen-bond donors (Lipinski definition) is 0. The van der Waals surface area contributed by atoms with Crippen LogP contribution in [0.4, 0.5) is 0 Å². The summed E-state index contributed by atoms with van der Waals surface area (Å²) in [5, 5.41) is -3.37. The van der Waals surface area contributed by atoms with Crippen LogP contribution in [0.5, 0.6) is 0 Å². The molecule has 92 valence electrons. The fraction of sp³-hybridized carbons (Fsp3) is 0.500. The first-order valence-corrected chi connectivity index (χ1v) is 4.93. The zero-order chi connectivity index (χ0) is 13.5. The van der Waals surface area contributed by atoms with E-state index in [2.05, 4.69) is 27.9 Å². The van der Waals surface area contributed by atoms with E-state index in [-0.39, 0.29) is 0 Å². The van der Waals surface area contributed by atoms with Crippen LogP contribution < -0.4 is 0 Å². The molecule has 0 aromatic rings. The van der Waals surface area contributed by atoms with Gasteiger partial charge in [-0.1, -0.05) is 0 Å². The van der Waals surface area contributed by atoms with Crippen LogP contribution in [0.1, 0.15) is 20.8 Å².